The number of rotatable bonds is 9. The number of alkyl carbamates (subject to hydrolysis) is 1. The van der Waals surface area contributed by atoms with Crippen LogP contribution >= 0.6 is 22.7 Å². The topological polar surface area (TPSA) is 122 Å². The lowest BCUT2D eigenvalue weighted by atomic mass is 10.2. The quantitative estimate of drug-likeness (QED) is 0.476. The van der Waals surface area contributed by atoms with E-state index in [1.54, 1.807) is 32.3 Å². The molecule has 0 atom stereocenters. The lowest BCUT2D eigenvalue weighted by molar-refractivity contribution is -0.116. The third-order valence-electron chi connectivity index (χ3n) is 3.73. The minimum Gasteiger partial charge on any atom is -0.444 e. The fourth-order valence-corrected chi connectivity index (χ4v) is 3.88. The number of thiazole rings is 2. The predicted octanol–water partition coefficient (Wildman–Crippen LogP) is 4.15. The summed E-state index contributed by atoms with van der Waals surface area (Å²) in [7, 11) is 0. The molecule has 0 radical (unpaired) electrons. The van der Waals surface area contributed by atoms with Gasteiger partial charge in [0.2, 0.25) is 11.8 Å². The van der Waals surface area contributed by atoms with Crippen LogP contribution in [0, 0.1) is 0 Å². The lowest BCUT2D eigenvalue weighted by Crippen LogP contribution is -2.33. The molecule has 3 N–H and O–H groups in total. The van der Waals surface area contributed by atoms with E-state index in [0.717, 1.165) is 4.88 Å². The Balaban J connectivity index is 1.70. The first-order valence-corrected chi connectivity index (χ1v) is 11.7. The van der Waals surface area contributed by atoms with Crippen molar-refractivity contribution in [2.75, 3.05) is 17.2 Å². The Bertz CT molecular complexity index is 902. The SMILES string of the molecule is CC(C)c1cnc(NC(=O)Cc2csc(NC(=O)CCCNC(=O)OC(C)(C)C)n2)s1. The Morgan fingerprint density at radius 1 is 1.13 bits per heavy atom. The summed E-state index contributed by atoms with van der Waals surface area (Å²) in [6.07, 6.45) is 2.06. The second-order valence-corrected chi connectivity index (χ2v) is 10.1. The van der Waals surface area contributed by atoms with E-state index in [-0.39, 0.29) is 24.7 Å². The summed E-state index contributed by atoms with van der Waals surface area (Å²) in [5.41, 5.74) is 0.0168. The zero-order valence-corrected chi connectivity index (χ0v) is 20.0. The van der Waals surface area contributed by atoms with E-state index < -0.39 is 11.7 Å². The maximum absolute atomic E-state index is 12.2. The number of hydrogen-bond donors (Lipinski definition) is 3. The van der Waals surface area contributed by atoms with Gasteiger partial charge in [-0.15, -0.1) is 22.7 Å². The number of nitrogens with one attached hydrogen (secondary N) is 3. The van der Waals surface area contributed by atoms with Gasteiger partial charge < -0.3 is 20.7 Å². The van der Waals surface area contributed by atoms with Crippen LogP contribution in [-0.4, -0.2) is 40.0 Å². The first-order valence-electron chi connectivity index (χ1n) is 9.98. The first-order chi connectivity index (χ1) is 14.5. The van der Waals surface area contributed by atoms with Crippen LogP contribution in [0.1, 0.15) is 63.9 Å². The number of amides is 3. The number of anilines is 2. The molecule has 0 saturated heterocycles. The van der Waals surface area contributed by atoms with Gasteiger partial charge in [0.05, 0.1) is 12.1 Å². The van der Waals surface area contributed by atoms with Crippen molar-refractivity contribution in [3.05, 3.63) is 22.1 Å². The zero-order valence-electron chi connectivity index (χ0n) is 18.4. The van der Waals surface area contributed by atoms with Crippen molar-refractivity contribution in [2.45, 2.75) is 65.4 Å². The Hall–Kier alpha value is -2.53. The van der Waals surface area contributed by atoms with Crippen LogP contribution in [0.4, 0.5) is 15.1 Å². The van der Waals surface area contributed by atoms with Gasteiger partial charge in [0, 0.05) is 29.4 Å². The van der Waals surface area contributed by atoms with E-state index in [1.807, 2.05) is 0 Å². The van der Waals surface area contributed by atoms with Gasteiger partial charge in [0.1, 0.15) is 5.60 Å². The van der Waals surface area contributed by atoms with Crippen LogP contribution in [0.2, 0.25) is 0 Å². The highest BCUT2D eigenvalue weighted by atomic mass is 32.1. The summed E-state index contributed by atoms with van der Waals surface area (Å²) in [6, 6.07) is 0. The second-order valence-electron chi connectivity index (χ2n) is 8.17. The number of ether oxygens (including phenoxy) is 1. The molecule has 0 aliphatic rings. The highest BCUT2D eigenvalue weighted by molar-refractivity contribution is 7.15. The lowest BCUT2D eigenvalue weighted by Gasteiger charge is -2.19. The molecule has 0 saturated carbocycles. The smallest absolute Gasteiger partial charge is 0.407 e. The molecule has 0 unspecified atom stereocenters. The normalized spacial score (nSPS) is 11.3. The van der Waals surface area contributed by atoms with E-state index in [2.05, 4.69) is 39.8 Å². The number of hydrogen-bond acceptors (Lipinski definition) is 8. The van der Waals surface area contributed by atoms with Gasteiger partial charge in [-0.1, -0.05) is 13.8 Å². The van der Waals surface area contributed by atoms with E-state index >= 15 is 0 Å². The van der Waals surface area contributed by atoms with Crippen molar-refractivity contribution < 1.29 is 19.1 Å². The predicted molar refractivity (Wildman–Crippen MR) is 123 cm³/mol. The summed E-state index contributed by atoms with van der Waals surface area (Å²) in [5, 5.41) is 10.8. The molecule has 0 aromatic carbocycles. The van der Waals surface area contributed by atoms with Gasteiger partial charge in [0.15, 0.2) is 10.3 Å². The van der Waals surface area contributed by atoms with Crippen LogP contribution in [0.15, 0.2) is 11.6 Å². The molecule has 0 aliphatic carbocycles. The van der Waals surface area contributed by atoms with Gasteiger partial charge in [-0.05, 0) is 33.1 Å². The van der Waals surface area contributed by atoms with Crippen molar-refractivity contribution in [1.29, 1.82) is 0 Å². The minimum atomic E-state index is -0.557. The Kier molecular flexibility index (Phi) is 8.93. The minimum absolute atomic E-state index is 0.1000. The summed E-state index contributed by atoms with van der Waals surface area (Å²) in [5.74, 6) is -0.0534. The summed E-state index contributed by atoms with van der Waals surface area (Å²) < 4.78 is 5.13. The van der Waals surface area contributed by atoms with Gasteiger partial charge in [0.25, 0.3) is 0 Å². The largest absolute Gasteiger partial charge is 0.444 e. The van der Waals surface area contributed by atoms with Crippen LogP contribution < -0.4 is 16.0 Å². The first kappa shape index (κ1) is 24.7. The third-order valence-corrected chi connectivity index (χ3v) is 5.75. The van der Waals surface area contributed by atoms with Gasteiger partial charge >= 0.3 is 6.09 Å². The van der Waals surface area contributed by atoms with Crippen molar-refractivity contribution in [2.24, 2.45) is 0 Å². The molecule has 31 heavy (non-hydrogen) atoms. The number of carbonyl (C=O) groups is 3. The van der Waals surface area contributed by atoms with Gasteiger partial charge in [-0.3, -0.25) is 9.59 Å². The molecule has 0 aliphatic heterocycles. The molecule has 0 bridgehead atoms. The average Bonchev–Trinajstić information content (AvgIpc) is 3.27. The summed E-state index contributed by atoms with van der Waals surface area (Å²) in [6.45, 7) is 9.83. The second kappa shape index (κ2) is 11.2. The maximum Gasteiger partial charge on any atom is 0.407 e. The van der Waals surface area contributed by atoms with Crippen molar-refractivity contribution >= 4 is 50.8 Å². The van der Waals surface area contributed by atoms with Crippen LogP contribution in [0.25, 0.3) is 0 Å². The highest BCUT2D eigenvalue weighted by Crippen LogP contribution is 2.25. The summed E-state index contributed by atoms with van der Waals surface area (Å²) >= 11 is 2.71. The molecule has 170 valence electrons. The number of nitrogens with zero attached hydrogens (tertiary/aromatic N) is 2. The molecule has 2 rings (SSSR count). The standard InChI is InChI=1S/C20H29N5O4S2/c1-12(2)14-10-22-17(31-14)25-16(27)9-13-11-30-18(23-13)24-15(26)7-6-8-21-19(28)29-20(3,4)5/h10-12H,6-9H2,1-5H3,(H,21,28)(H,22,25,27)(H,23,24,26). The van der Waals surface area contributed by atoms with E-state index in [9.17, 15) is 14.4 Å². The van der Waals surface area contributed by atoms with Crippen molar-refractivity contribution in [1.82, 2.24) is 15.3 Å². The van der Waals surface area contributed by atoms with Crippen LogP contribution in [0.5, 0.6) is 0 Å². The molecular weight excluding hydrogens is 438 g/mol. The maximum atomic E-state index is 12.2. The van der Waals surface area contributed by atoms with Crippen LogP contribution in [0.3, 0.4) is 0 Å². The average molecular weight is 468 g/mol. The monoisotopic (exact) mass is 467 g/mol. The Morgan fingerprint density at radius 2 is 1.84 bits per heavy atom. The van der Waals surface area contributed by atoms with Crippen molar-refractivity contribution in [3.8, 4) is 0 Å². The fourth-order valence-electron chi connectivity index (χ4n) is 2.32. The fraction of sp³-hybridized carbons (Fsp3) is 0.550. The molecule has 9 nitrogen and oxygen atoms in total. The molecule has 11 heteroatoms. The van der Waals surface area contributed by atoms with E-state index in [4.69, 9.17) is 4.74 Å². The van der Waals surface area contributed by atoms with Crippen LogP contribution in [-0.2, 0) is 20.7 Å². The molecular formula is C20H29N5O4S2. The number of carbonyl (C=O) groups excluding carboxylic acids is 3. The van der Waals surface area contributed by atoms with Gasteiger partial charge in [-0.2, -0.15) is 0 Å². The molecule has 2 heterocycles. The molecule has 3 amide bonds. The molecule has 2 aromatic rings. The Labute approximate surface area is 190 Å². The van der Waals surface area contributed by atoms with Crippen molar-refractivity contribution in [3.63, 3.8) is 0 Å². The molecule has 2 aromatic heterocycles. The molecule has 0 fully saturated rings. The molecule has 0 spiro atoms. The summed E-state index contributed by atoms with van der Waals surface area (Å²) in [4.78, 5) is 45.4. The number of aromatic nitrogens is 2. The third kappa shape index (κ3) is 9.43. The van der Waals surface area contributed by atoms with Gasteiger partial charge in [-0.25, -0.2) is 14.8 Å². The van der Waals surface area contributed by atoms with E-state index in [1.165, 1.54) is 22.7 Å². The van der Waals surface area contributed by atoms with E-state index in [0.29, 0.717) is 34.8 Å². The Morgan fingerprint density at radius 3 is 2.48 bits per heavy atom. The zero-order chi connectivity index (χ0) is 23.0. The highest BCUT2D eigenvalue weighted by Gasteiger charge is 2.16.